The van der Waals surface area contributed by atoms with Crippen molar-refractivity contribution < 1.29 is 9.53 Å². The molecule has 0 bridgehead atoms. The topological polar surface area (TPSA) is 38.3 Å². The van der Waals surface area contributed by atoms with Gasteiger partial charge in [0.2, 0.25) is 0 Å². The predicted molar refractivity (Wildman–Crippen MR) is 60.6 cm³/mol. The molecule has 0 spiro atoms. The minimum Gasteiger partial charge on any atom is -0.465 e. The Hall–Kier alpha value is -0.570. The molecule has 1 fully saturated rings. The van der Waals surface area contributed by atoms with Gasteiger partial charge in [0.05, 0.1) is 6.61 Å². The van der Waals surface area contributed by atoms with E-state index in [0.29, 0.717) is 18.4 Å². The summed E-state index contributed by atoms with van der Waals surface area (Å²) in [6, 6.07) is -0.0686. The molecule has 3 heteroatoms. The van der Waals surface area contributed by atoms with E-state index in [1.165, 1.54) is 0 Å². The molecule has 1 N–H and O–H groups in total. The van der Waals surface area contributed by atoms with Crippen LogP contribution < -0.4 is 5.32 Å². The van der Waals surface area contributed by atoms with E-state index in [4.69, 9.17) is 4.74 Å². The summed E-state index contributed by atoms with van der Waals surface area (Å²) in [6.07, 6.45) is 3.03. The number of carbonyl (C=O) groups is 1. The van der Waals surface area contributed by atoms with Gasteiger partial charge in [-0.05, 0) is 37.6 Å². The van der Waals surface area contributed by atoms with E-state index in [-0.39, 0.29) is 12.0 Å². The largest absolute Gasteiger partial charge is 0.465 e. The van der Waals surface area contributed by atoms with E-state index in [2.05, 4.69) is 26.1 Å². The maximum Gasteiger partial charge on any atom is 0.323 e. The Labute approximate surface area is 92.6 Å². The summed E-state index contributed by atoms with van der Waals surface area (Å²) in [6.45, 7) is 7.95. The smallest absolute Gasteiger partial charge is 0.323 e. The van der Waals surface area contributed by atoms with Gasteiger partial charge in [-0.15, -0.1) is 0 Å². The van der Waals surface area contributed by atoms with Gasteiger partial charge in [-0.1, -0.05) is 20.8 Å². The average Bonchev–Trinajstić information content (AvgIpc) is 2.17. The second-order valence-electron chi connectivity index (χ2n) is 4.99. The lowest BCUT2D eigenvalue weighted by molar-refractivity contribution is -0.147. The van der Waals surface area contributed by atoms with Crippen molar-refractivity contribution in [1.82, 2.24) is 5.32 Å². The Bertz CT molecular complexity index is 204. The van der Waals surface area contributed by atoms with Crippen molar-refractivity contribution in [2.75, 3.05) is 13.2 Å². The molecule has 2 atom stereocenters. The number of esters is 1. The molecular formula is C12H23NO2. The number of hydrogen-bond donors (Lipinski definition) is 1. The van der Waals surface area contributed by atoms with Gasteiger partial charge in [0.15, 0.2) is 0 Å². The predicted octanol–water partition coefficient (Wildman–Crippen LogP) is 1.96. The standard InChI is InChI=1S/C12H23NO2/c1-9(2)5-7-15-12(14)11-8-10(3)4-6-13-11/h9-11,13H,4-8H2,1-3H3. The van der Waals surface area contributed by atoms with Gasteiger partial charge >= 0.3 is 5.97 Å². The number of piperidine rings is 1. The summed E-state index contributed by atoms with van der Waals surface area (Å²) >= 11 is 0. The Morgan fingerprint density at radius 3 is 2.87 bits per heavy atom. The van der Waals surface area contributed by atoms with Crippen LogP contribution in [0.25, 0.3) is 0 Å². The summed E-state index contributed by atoms with van der Waals surface area (Å²) in [7, 11) is 0. The normalized spacial score (nSPS) is 26.7. The first-order valence-corrected chi connectivity index (χ1v) is 5.99. The number of rotatable bonds is 4. The zero-order valence-corrected chi connectivity index (χ0v) is 10.1. The summed E-state index contributed by atoms with van der Waals surface area (Å²) in [4.78, 5) is 11.6. The zero-order chi connectivity index (χ0) is 11.3. The lowest BCUT2D eigenvalue weighted by Crippen LogP contribution is -2.44. The highest BCUT2D eigenvalue weighted by Gasteiger charge is 2.25. The fourth-order valence-corrected chi connectivity index (χ4v) is 1.78. The second kappa shape index (κ2) is 6.11. The van der Waals surface area contributed by atoms with Crippen LogP contribution in [0.4, 0.5) is 0 Å². The molecule has 15 heavy (non-hydrogen) atoms. The van der Waals surface area contributed by atoms with Crippen molar-refractivity contribution in [1.29, 1.82) is 0 Å². The van der Waals surface area contributed by atoms with Gasteiger partial charge in [-0.2, -0.15) is 0 Å². The molecule has 88 valence electrons. The molecule has 1 rings (SSSR count). The molecular weight excluding hydrogens is 190 g/mol. The summed E-state index contributed by atoms with van der Waals surface area (Å²) < 4.78 is 5.24. The van der Waals surface area contributed by atoms with E-state index in [9.17, 15) is 4.79 Å². The van der Waals surface area contributed by atoms with Crippen LogP contribution in [0.15, 0.2) is 0 Å². The Morgan fingerprint density at radius 1 is 1.53 bits per heavy atom. The van der Waals surface area contributed by atoms with Gasteiger partial charge in [0.25, 0.3) is 0 Å². The monoisotopic (exact) mass is 213 g/mol. The summed E-state index contributed by atoms with van der Waals surface area (Å²) in [5, 5.41) is 3.21. The van der Waals surface area contributed by atoms with E-state index in [1.54, 1.807) is 0 Å². The van der Waals surface area contributed by atoms with Crippen LogP contribution in [0.1, 0.15) is 40.0 Å². The first-order chi connectivity index (χ1) is 7.09. The van der Waals surface area contributed by atoms with E-state index in [0.717, 1.165) is 25.8 Å². The quantitative estimate of drug-likeness (QED) is 0.726. The second-order valence-corrected chi connectivity index (χ2v) is 4.99. The molecule has 2 unspecified atom stereocenters. The van der Waals surface area contributed by atoms with Crippen molar-refractivity contribution in [3.05, 3.63) is 0 Å². The molecule has 3 nitrogen and oxygen atoms in total. The number of carbonyl (C=O) groups excluding carboxylic acids is 1. The first-order valence-electron chi connectivity index (χ1n) is 5.99. The van der Waals surface area contributed by atoms with Crippen molar-refractivity contribution in [3.63, 3.8) is 0 Å². The highest BCUT2D eigenvalue weighted by Crippen LogP contribution is 2.16. The third kappa shape index (κ3) is 4.65. The Morgan fingerprint density at radius 2 is 2.27 bits per heavy atom. The van der Waals surface area contributed by atoms with Gasteiger partial charge in [-0.25, -0.2) is 0 Å². The van der Waals surface area contributed by atoms with Crippen molar-refractivity contribution in [2.45, 2.75) is 46.1 Å². The van der Waals surface area contributed by atoms with Crippen LogP contribution in [0, 0.1) is 11.8 Å². The van der Waals surface area contributed by atoms with E-state index >= 15 is 0 Å². The highest BCUT2D eigenvalue weighted by molar-refractivity contribution is 5.75. The van der Waals surface area contributed by atoms with Gasteiger partial charge in [-0.3, -0.25) is 4.79 Å². The molecule has 0 saturated carbocycles. The Kier molecular flexibility index (Phi) is 5.09. The number of nitrogens with one attached hydrogen (secondary N) is 1. The number of hydrogen-bond acceptors (Lipinski definition) is 3. The van der Waals surface area contributed by atoms with E-state index < -0.39 is 0 Å². The van der Waals surface area contributed by atoms with Crippen LogP contribution in [-0.4, -0.2) is 25.2 Å². The molecule has 0 aromatic heterocycles. The summed E-state index contributed by atoms with van der Waals surface area (Å²) in [5.41, 5.74) is 0. The van der Waals surface area contributed by atoms with Crippen LogP contribution >= 0.6 is 0 Å². The molecule has 0 aromatic carbocycles. The zero-order valence-electron chi connectivity index (χ0n) is 10.1. The SMILES string of the molecule is CC(C)CCOC(=O)C1CC(C)CCN1. The highest BCUT2D eigenvalue weighted by atomic mass is 16.5. The molecule has 1 saturated heterocycles. The average molecular weight is 213 g/mol. The van der Waals surface area contributed by atoms with Crippen molar-refractivity contribution in [2.24, 2.45) is 11.8 Å². The lowest BCUT2D eigenvalue weighted by Gasteiger charge is -2.26. The fourth-order valence-electron chi connectivity index (χ4n) is 1.78. The third-order valence-electron chi connectivity index (χ3n) is 2.89. The Balaban J connectivity index is 2.21. The minimum absolute atomic E-state index is 0.0674. The molecule has 1 aliphatic rings. The van der Waals surface area contributed by atoms with Gasteiger partial charge < -0.3 is 10.1 Å². The first kappa shape index (κ1) is 12.5. The minimum atomic E-state index is -0.0686. The van der Waals surface area contributed by atoms with Crippen molar-refractivity contribution in [3.8, 4) is 0 Å². The molecule has 0 aromatic rings. The van der Waals surface area contributed by atoms with Crippen LogP contribution in [0.3, 0.4) is 0 Å². The van der Waals surface area contributed by atoms with Crippen LogP contribution in [0.5, 0.6) is 0 Å². The number of ether oxygens (including phenoxy) is 1. The molecule has 0 amide bonds. The fraction of sp³-hybridized carbons (Fsp3) is 0.917. The maximum atomic E-state index is 11.6. The molecule has 0 aliphatic carbocycles. The van der Waals surface area contributed by atoms with Crippen LogP contribution in [0.2, 0.25) is 0 Å². The lowest BCUT2D eigenvalue weighted by atomic mass is 9.94. The van der Waals surface area contributed by atoms with Crippen LogP contribution in [-0.2, 0) is 9.53 Å². The maximum absolute atomic E-state index is 11.6. The molecule has 0 radical (unpaired) electrons. The molecule has 1 heterocycles. The van der Waals surface area contributed by atoms with Gasteiger partial charge in [0.1, 0.15) is 6.04 Å². The third-order valence-corrected chi connectivity index (χ3v) is 2.89. The molecule has 1 aliphatic heterocycles. The van der Waals surface area contributed by atoms with Crippen molar-refractivity contribution >= 4 is 5.97 Å². The van der Waals surface area contributed by atoms with Gasteiger partial charge in [0, 0.05) is 0 Å². The van der Waals surface area contributed by atoms with E-state index in [1.807, 2.05) is 0 Å². The summed E-state index contributed by atoms with van der Waals surface area (Å²) in [5.74, 6) is 1.16.